The Labute approximate surface area is 110 Å². The van der Waals surface area contributed by atoms with Gasteiger partial charge in [0.2, 0.25) is 5.16 Å². The highest BCUT2D eigenvalue weighted by molar-refractivity contribution is 7.84. The van der Waals surface area contributed by atoms with E-state index in [-0.39, 0.29) is 11.2 Å². The lowest BCUT2D eigenvalue weighted by Gasteiger charge is -2.19. The van der Waals surface area contributed by atoms with Crippen molar-refractivity contribution < 1.29 is 9.00 Å². The molecule has 0 saturated carbocycles. The van der Waals surface area contributed by atoms with Gasteiger partial charge in [0, 0.05) is 18.8 Å². The molecule has 0 saturated heterocycles. The van der Waals surface area contributed by atoms with Gasteiger partial charge in [-0.2, -0.15) is 4.68 Å². The number of amides is 1. The normalized spacial score (nSPS) is 12.4. The summed E-state index contributed by atoms with van der Waals surface area (Å²) >= 11 is 0. The predicted octanol–water partition coefficient (Wildman–Crippen LogP) is 1.50. The lowest BCUT2D eigenvalue weighted by atomic mass is 10.3. The van der Waals surface area contributed by atoms with Crippen molar-refractivity contribution in [3.8, 4) is 0 Å². The Hall–Kier alpha value is -1.24. The highest BCUT2D eigenvalue weighted by atomic mass is 32.2. The van der Waals surface area contributed by atoms with E-state index in [1.54, 1.807) is 11.8 Å². The van der Waals surface area contributed by atoms with Gasteiger partial charge in [-0.05, 0) is 13.3 Å². The molecule has 0 aliphatic carbocycles. The van der Waals surface area contributed by atoms with Crippen molar-refractivity contribution in [2.24, 2.45) is 0 Å². The van der Waals surface area contributed by atoms with Crippen molar-refractivity contribution in [1.82, 2.24) is 19.7 Å². The number of carbonyl (C=O) groups excluding carboxylic acids is 1. The van der Waals surface area contributed by atoms with E-state index in [1.807, 2.05) is 6.92 Å². The molecule has 0 aliphatic rings. The second-order valence-electron chi connectivity index (χ2n) is 3.82. The minimum absolute atomic E-state index is 0.210. The summed E-state index contributed by atoms with van der Waals surface area (Å²) in [6.45, 7) is 7.13. The molecular formula is C11H20N4O2S. The summed E-state index contributed by atoms with van der Waals surface area (Å²) in [5.41, 5.74) is 0. The third-order valence-electron chi connectivity index (χ3n) is 2.57. The molecule has 0 fully saturated rings. The van der Waals surface area contributed by atoms with Gasteiger partial charge >= 0.3 is 6.03 Å². The van der Waals surface area contributed by atoms with Crippen molar-refractivity contribution >= 4 is 16.8 Å². The Balaban J connectivity index is 2.76. The standard InChI is InChI=1S/C11H20N4O2S/c1-4-7-8-14(5-2)11(16)15-9-12-10(13-15)18(17)6-3/h9H,4-8H2,1-3H3. The average Bonchev–Trinajstić information content (AvgIpc) is 2.88. The molecule has 1 atom stereocenters. The van der Waals surface area contributed by atoms with Crippen LogP contribution in [0.3, 0.4) is 0 Å². The molecule has 102 valence electrons. The maximum atomic E-state index is 12.1. The third-order valence-corrected chi connectivity index (χ3v) is 3.69. The summed E-state index contributed by atoms with van der Waals surface area (Å²) in [6.07, 6.45) is 3.33. The van der Waals surface area contributed by atoms with Crippen LogP contribution in [-0.2, 0) is 10.8 Å². The highest BCUT2D eigenvalue weighted by Gasteiger charge is 2.16. The monoisotopic (exact) mass is 272 g/mol. The van der Waals surface area contributed by atoms with Crippen LogP contribution in [0.4, 0.5) is 4.79 Å². The molecule has 0 radical (unpaired) electrons. The van der Waals surface area contributed by atoms with E-state index in [0.29, 0.717) is 18.8 Å². The Morgan fingerprint density at radius 1 is 1.44 bits per heavy atom. The SMILES string of the molecule is CCCCN(CC)C(=O)n1cnc(S(=O)CC)n1. The quantitative estimate of drug-likeness (QED) is 0.787. The van der Waals surface area contributed by atoms with Gasteiger partial charge in [0.1, 0.15) is 6.33 Å². The first-order chi connectivity index (χ1) is 8.63. The highest BCUT2D eigenvalue weighted by Crippen LogP contribution is 2.02. The fourth-order valence-corrected chi connectivity index (χ4v) is 2.06. The first kappa shape index (κ1) is 14.8. The second-order valence-corrected chi connectivity index (χ2v) is 5.46. The molecule has 18 heavy (non-hydrogen) atoms. The van der Waals surface area contributed by atoms with E-state index in [0.717, 1.165) is 12.8 Å². The molecule has 1 aromatic rings. The van der Waals surface area contributed by atoms with E-state index in [2.05, 4.69) is 17.0 Å². The number of nitrogens with zero attached hydrogens (tertiary/aromatic N) is 4. The van der Waals surface area contributed by atoms with Crippen LogP contribution in [0.1, 0.15) is 33.6 Å². The first-order valence-corrected chi connectivity index (χ1v) is 7.55. The summed E-state index contributed by atoms with van der Waals surface area (Å²) in [4.78, 5) is 17.7. The van der Waals surface area contributed by atoms with Crippen molar-refractivity contribution in [3.63, 3.8) is 0 Å². The minimum atomic E-state index is -1.22. The van der Waals surface area contributed by atoms with Gasteiger partial charge in [-0.25, -0.2) is 9.78 Å². The van der Waals surface area contributed by atoms with Gasteiger partial charge < -0.3 is 4.90 Å². The average molecular weight is 272 g/mol. The lowest BCUT2D eigenvalue weighted by molar-refractivity contribution is 0.198. The molecular weight excluding hydrogens is 252 g/mol. The number of aromatic nitrogens is 3. The maximum Gasteiger partial charge on any atom is 0.346 e. The maximum absolute atomic E-state index is 12.1. The summed E-state index contributed by atoms with van der Waals surface area (Å²) in [5.74, 6) is 0.450. The largest absolute Gasteiger partial charge is 0.346 e. The van der Waals surface area contributed by atoms with E-state index < -0.39 is 10.8 Å². The van der Waals surface area contributed by atoms with E-state index >= 15 is 0 Å². The molecule has 7 heteroatoms. The predicted molar refractivity (Wildman–Crippen MR) is 69.9 cm³/mol. The van der Waals surface area contributed by atoms with Gasteiger partial charge in [-0.15, -0.1) is 5.10 Å². The van der Waals surface area contributed by atoms with Crippen LogP contribution in [0.25, 0.3) is 0 Å². The van der Waals surface area contributed by atoms with Crippen LogP contribution in [0.5, 0.6) is 0 Å². The Bertz CT molecular complexity index is 419. The van der Waals surface area contributed by atoms with Crippen molar-refractivity contribution in [2.75, 3.05) is 18.8 Å². The zero-order valence-electron chi connectivity index (χ0n) is 11.1. The molecule has 1 aromatic heterocycles. The van der Waals surface area contributed by atoms with Crippen LogP contribution in [-0.4, -0.2) is 48.7 Å². The van der Waals surface area contributed by atoms with Crippen LogP contribution < -0.4 is 0 Å². The molecule has 1 unspecified atom stereocenters. The number of unbranched alkanes of at least 4 members (excludes halogenated alkanes) is 1. The molecule has 0 bridgehead atoms. The zero-order chi connectivity index (χ0) is 13.5. The van der Waals surface area contributed by atoms with Crippen LogP contribution in [0.2, 0.25) is 0 Å². The second kappa shape index (κ2) is 7.25. The smallest absolute Gasteiger partial charge is 0.323 e. The summed E-state index contributed by atoms with van der Waals surface area (Å²) in [7, 11) is -1.22. The molecule has 6 nitrogen and oxygen atoms in total. The number of hydrogen-bond donors (Lipinski definition) is 0. The summed E-state index contributed by atoms with van der Waals surface area (Å²) in [6, 6.07) is -0.210. The number of carbonyl (C=O) groups is 1. The van der Waals surface area contributed by atoms with Gasteiger partial charge in [0.15, 0.2) is 0 Å². The fraction of sp³-hybridized carbons (Fsp3) is 0.727. The minimum Gasteiger partial charge on any atom is -0.323 e. The molecule has 0 spiro atoms. The van der Waals surface area contributed by atoms with Gasteiger partial charge in [-0.1, -0.05) is 20.3 Å². The topological polar surface area (TPSA) is 68.1 Å². The first-order valence-electron chi connectivity index (χ1n) is 6.23. The molecule has 0 N–H and O–H groups in total. The molecule has 0 aliphatic heterocycles. The zero-order valence-corrected chi connectivity index (χ0v) is 11.9. The van der Waals surface area contributed by atoms with Crippen molar-refractivity contribution in [3.05, 3.63) is 6.33 Å². The summed E-state index contributed by atoms with van der Waals surface area (Å²) in [5, 5.41) is 4.19. The van der Waals surface area contributed by atoms with Gasteiger partial charge in [0.05, 0.1) is 10.8 Å². The van der Waals surface area contributed by atoms with E-state index in [4.69, 9.17) is 0 Å². The Morgan fingerprint density at radius 3 is 2.72 bits per heavy atom. The van der Waals surface area contributed by atoms with Gasteiger partial charge in [0.25, 0.3) is 0 Å². The number of rotatable bonds is 6. The van der Waals surface area contributed by atoms with Crippen LogP contribution >= 0.6 is 0 Å². The molecule has 1 heterocycles. The van der Waals surface area contributed by atoms with Crippen molar-refractivity contribution in [2.45, 2.75) is 38.8 Å². The Morgan fingerprint density at radius 2 is 2.17 bits per heavy atom. The Kier molecular flexibility index (Phi) is 5.97. The number of hydrogen-bond acceptors (Lipinski definition) is 4. The third kappa shape index (κ3) is 3.63. The van der Waals surface area contributed by atoms with E-state index in [1.165, 1.54) is 11.0 Å². The van der Waals surface area contributed by atoms with Gasteiger partial charge in [-0.3, -0.25) is 4.21 Å². The van der Waals surface area contributed by atoms with E-state index in [9.17, 15) is 9.00 Å². The van der Waals surface area contributed by atoms with Crippen LogP contribution in [0, 0.1) is 0 Å². The fourth-order valence-electron chi connectivity index (χ4n) is 1.46. The molecule has 1 amide bonds. The summed E-state index contributed by atoms with van der Waals surface area (Å²) < 4.78 is 12.7. The molecule has 0 aromatic carbocycles. The molecule has 1 rings (SSSR count). The lowest BCUT2D eigenvalue weighted by Crippen LogP contribution is -2.35. The van der Waals surface area contributed by atoms with Crippen molar-refractivity contribution in [1.29, 1.82) is 0 Å². The van der Waals surface area contributed by atoms with Crippen LogP contribution in [0.15, 0.2) is 11.5 Å².